The van der Waals surface area contributed by atoms with Crippen molar-refractivity contribution in [3.63, 3.8) is 0 Å². The molecule has 0 unspecified atom stereocenters. The van der Waals surface area contributed by atoms with Crippen LogP contribution in [0.2, 0.25) is 5.02 Å². The molecule has 8 heteroatoms. The number of amides is 1. The molecule has 25 heavy (non-hydrogen) atoms. The lowest BCUT2D eigenvalue weighted by molar-refractivity contribution is -0.384. The van der Waals surface area contributed by atoms with Crippen LogP contribution in [0.5, 0.6) is 0 Å². The molecule has 0 saturated carbocycles. The number of benzene rings is 2. The molecule has 1 atom stereocenters. The van der Waals surface area contributed by atoms with Gasteiger partial charge >= 0.3 is 5.97 Å². The van der Waals surface area contributed by atoms with E-state index in [-0.39, 0.29) is 10.6 Å². The van der Waals surface area contributed by atoms with E-state index in [1.807, 2.05) is 0 Å². The zero-order valence-electron chi connectivity index (χ0n) is 13.5. The molecule has 130 valence electrons. The first-order chi connectivity index (χ1) is 11.8. The molecule has 0 aliphatic heterocycles. The minimum atomic E-state index is -1.15. The van der Waals surface area contributed by atoms with E-state index in [0.29, 0.717) is 5.56 Å². The van der Waals surface area contributed by atoms with E-state index in [1.165, 1.54) is 17.0 Å². The van der Waals surface area contributed by atoms with Crippen molar-refractivity contribution in [1.82, 2.24) is 4.90 Å². The maximum absolute atomic E-state index is 12.4. The highest BCUT2D eigenvalue weighted by atomic mass is 35.5. The number of esters is 1. The first-order valence-electron chi connectivity index (χ1n) is 7.22. The van der Waals surface area contributed by atoms with Crippen molar-refractivity contribution in [2.75, 3.05) is 14.1 Å². The molecule has 2 aromatic rings. The number of likely N-dealkylation sites (N-methyl/N-ethyl adjacent to an activating group) is 1. The van der Waals surface area contributed by atoms with Crippen LogP contribution in [0.3, 0.4) is 0 Å². The first-order valence-corrected chi connectivity index (χ1v) is 7.60. The predicted octanol–water partition coefficient (Wildman–Crippen LogP) is 3.23. The van der Waals surface area contributed by atoms with E-state index in [2.05, 4.69) is 0 Å². The van der Waals surface area contributed by atoms with E-state index in [9.17, 15) is 19.7 Å². The second-order valence-electron chi connectivity index (χ2n) is 5.35. The number of rotatable bonds is 5. The Labute approximate surface area is 148 Å². The van der Waals surface area contributed by atoms with E-state index in [0.717, 1.165) is 6.07 Å². The van der Waals surface area contributed by atoms with Gasteiger partial charge in [0.25, 0.3) is 11.6 Å². The zero-order valence-corrected chi connectivity index (χ0v) is 14.3. The lowest BCUT2D eigenvalue weighted by Crippen LogP contribution is -2.31. The molecule has 2 rings (SSSR count). The number of ether oxygens (including phenoxy) is 1. The number of carbonyl (C=O) groups is 2. The van der Waals surface area contributed by atoms with Crippen LogP contribution in [-0.2, 0) is 9.53 Å². The maximum atomic E-state index is 12.4. The van der Waals surface area contributed by atoms with Gasteiger partial charge in [-0.3, -0.25) is 14.9 Å². The molecule has 0 saturated heterocycles. The summed E-state index contributed by atoms with van der Waals surface area (Å²) in [6.07, 6.45) is -1.15. The standard InChI is InChI=1S/C17H15ClN2O5/c1-19(2)16(21)15(11-6-4-3-5-7-11)25-17(22)12-8-9-13(18)14(10-12)20(23)24/h3-10,15H,1-2H3/t15-/m1/s1. The minimum absolute atomic E-state index is 0.0661. The monoisotopic (exact) mass is 362 g/mol. The Hall–Kier alpha value is -2.93. The summed E-state index contributed by atoms with van der Waals surface area (Å²) in [5.74, 6) is -1.29. The topological polar surface area (TPSA) is 89.8 Å². The van der Waals surface area contributed by atoms with Crippen LogP contribution in [0.25, 0.3) is 0 Å². The van der Waals surface area contributed by atoms with Gasteiger partial charge in [-0.05, 0) is 12.1 Å². The summed E-state index contributed by atoms with van der Waals surface area (Å²) in [6.45, 7) is 0. The second-order valence-corrected chi connectivity index (χ2v) is 5.76. The highest BCUT2D eigenvalue weighted by Crippen LogP contribution is 2.27. The quantitative estimate of drug-likeness (QED) is 0.462. The molecule has 0 aliphatic rings. The van der Waals surface area contributed by atoms with Gasteiger partial charge in [-0.25, -0.2) is 4.79 Å². The molecule has 0 N–H and O–H groups in total. The van der Waals surface area contributed by atoms with Gasteiger partial charge in [-0.15, -0.1) is 0 Å². The molecular weight excluding hydrogens is 348 g/mol. The Kier molecular flexibility index (Phi) is 5.71. The third kappa shape index (κ3) is 4.33. The summed E-state index contributed by atoms with van der Waals surface area (Å²) in [6, 6.07) is 12.1. The Morgan fingerprint density at radius 2 is 1.80 bits per heavy atom. The van der Waals surface area contributed by atoms with Crippen molar-refractivity contribution >= 4 is 29.2 Å². The maximum Gasteiger partial charge on any atom is 0.339 e. The second kappa shape index (κ2) is 7.76. The van der Waals surface area contributed by atoms with Gasteiger partial charge in [-0.1, -0.05) is 41.9 Å². The van der Waals surface area contributed by atoms with Gasteiger partial charge < -0.3 is 9.64 Å². The summed E-state index contributed by atoms with van der Waals surface area (Å²) < 4.78 is 5.32. The van der Waals surface area contributed by atoms with Gasteiger partial charge in [0.1, 0.15) is 5.02 Å². The smallest absolute Gasteiger partial charge is 0.339 e. The summed E-state index contributed by atoms with van der Waals surface area (Å²) >= 11 is 5.73. The van der Waals surface area contributed by atoms with Crippen LogP contribution in [0.15, 0.2) is 48.5 Å². The molecular formula is C17H15ClN2O5. The number of nitro benzene ring substituents is 1. The van der Waals surface area contributed by atoms with Crippen LogP contribution in [0, 0.1) is 10.1 Å². The van der Waals surface area contributed by atoms with Crippen molar-refractivity contribution in [2.24, 2.45) is 0 Å². The molecule has 0 fully saturated rings. The lowest BCUT2D eigenvalue weighted by atomic mass is 10.1. The van der Waals surface area contributed by atoms with Crippen LogP contribution in [0.4, 0.5) is 5.69 Å². The number of nitro groups is 1. The van der Waals surface area contributed by atoms with E-state index in [4.69, 9.17) is 16.3 Å². The Bertz CT molecular complexity index is 808. The molecule has 7 nitrogen and oxygen atoms in total. The van der Waals surface area contributed by atoms with Crippen molar-refractivity contribution in [1.29, 1.82) is 0 Å². The average molecular weight is 363 g/mol. The fourth-order valence-corrected chi connectivity index (χ4v) is 2.26. The van der Waals surface area contributed by atoms with Crippen molar-refractivity contribution in [2.45, 2.75) is 6.10 Å². The molecule has 0 spiro atoms. The molecule has 0 heterocycles. The first kappa shape index (κ1) is 18.4. The van der Waals surface area contributed by atoms with Crippen LogP contribution in [-0.4, -0.2) is 35.8 Å². The summed E-state index contributed by atoms with van der Waals surface area (Å²) in [5, 5.41) is 10.9. The molecule has 0 bridgehead atoms. The Morgan fingerprint density at radius 3 is 2.36 bits per heavy atom. The van der Waals surface area contributed by atoms with Gasteiger partial charge in [-0.2, -0.15) is 0 Å². The fourth-order valence-electron chi connectivity index (χ4n) is 2.08. The number of carbonyl (C=O) groups excluding carboxylic acids is 2. The largest absolute Gasteiger partial charge is 0.444 e. The molecule has 0 radical (unpaired) electrons. The summed E-state index contributed by atoms with van der Waals surface area (Å²) in [5.41, 5.74) is 0.0212. The lowest BCUT2D eigenvalue weighted by Gasteiger charge is -2.21. The van der Waals surface area contributed by atoms with E-state index < -0.39 is 28.6 Å². The molecule has 1 amide bonds. The molecule has 0 aliphatic carbocycles. The van der Waals surface area contributed by atoms with Crippen LogP contribution < -0.4 is 0 Å². The Balaban J connectivity index is 2.33. The molecule has 0 aromatic heterocycles. The van der Waals surface area contributed by atoms with Crippen molar-refractivity contribution in [3.8, 4) is 0 Å². The summed E-state index contributed by atoms with van der Waals surface area (Å²) in [4.78, 5) is 36.3. The predicted molar refractivity (Wildman–Crippen MR) is 91.4 cm³/mol. The van der Waals surface area contributed by atoms with Crippen molar-refractivity contribution in [3.05, 3.63) is 74.8 Å². The zero-order chi connectivity index (χ0) is 18.6. The number of nitrogens with zero attached hydrogens (tertiary/aromatic N) is 2. The highest BCUT2D eigenvalue weighted by molar-refractivity contribution is 6.32. The van der Waals surface area contributed by atoms with Crippen LogP contribution >= 0.6 is 11.6 Å². The van der Waals surface area contributed by atoms with Gasteiger partial charge in [0.05, 0.1) is 10.5 Å². The molecule has 2 aromatic carbocycles. The fraction of sp³-hybridized carbons (Fsp3) is 0.176. The number of hydrogen-bond donors (Lipinski definition) is 0. The average Bonchev–Trinajstić information content (AvgIpc) is 2.59. The minimum Gasteiger partial charge on any atom is -0.444 e. The highest BCUT2D eigenvalue weighted by Gasteiger charge is 2.28. The van der Waals surface area contributed by atoms with Gasteiger partial charge in [0.2, 0.25) is 6.10 Å². The number of hydrogen-bond acceptors (Lipinski definition) is 5. The number of halogens is 1. The summed E-state index contributed by atoms with van der Waals surface area (Å²) in [7, 11) is 3.08. The third-order valence-electron chi connectivity index (χ3n) is 3.37. The van der Waals surface area contributed by atoms with Gasteiger partial charge in [0.15, 0.2) is 0 Å². The van der Waals surface area contributed by atoms with Crippen LogP contribution in [0.1, 0.15) is 22.0 Å². The van der Waals surface area contributed by atoms with Gasteiger partial charge in [0, 0.05) is 25.7 Å². The Morgan fingerprint density at radius 1 is 1.16 bits per heavy atom. The third-order valence-corrected chi connectivity index (χ3v) is 3.69. The normalized spacial score (nSPS) is 11.5. The SMILES string of the molecule is CN(C)C(=O)[C@H](OC(=O)c1ccc(Cl)c([N+](=O)[O-])c1)c1ccccc1. The van der Waals surface area contributed by atoms with Crippen molar-refractivity contribution < 1.29 is 19.2 Å². The van der Waals surface area contributed by atoms with E-state index in [1.54, 1.807) is 44.4 Å². The van der Waals surface area contributed by atoms with E-state index >= 15 is 0 Å².